The fourth-order valence-corrected chi connectivity index (χ4v) is 1.26. The molecule has 1 nitrogen and oxygen atoms in total. The van der Waals surface area contributed by atoms with Crippen molar-refractivity contribution >= 4 is 0 Å². The van der Waals surface area contributed by atoms with Gasteiger partial charge in [-0.25, -0.2) is 0 Å². The lowest BCUT2D eigenvalue weighted by Crippen LogP contribution is -2.18. The van der Waals surface area contributed by atoms with Gasteiger partial charge in [0, 0.05) is 12.6 Å². The van der Waals surface area contributed by atoms with Crippen LogP contribution in [-0.2, 0) is 0 Å². The van der Waals surface area contributed by atoms with Gasteiger partial charge in [0.1, 0.15) is 0 Å². The van der Waals surface area contributed by atoms with Crippen LogP contribution in [0.5, 0.6) is 0 Å². The second kappa shape index (κ2) is 4.66. The van der Waals surface area contributed by atoms with Gasteiger partial charge < -0.3 is 5.32 Å². The number of hydrogen-bond acceptors (Lipinski definition) is 1. The molecule has 1 rings (SSSR count). The number of hydrogen-bond donors (Lipinski definition) is 1. The van der Waals surface area contributed by atoms with Crippen LogP contribution < -0.4 is 5.32 Å². The Balaban J connectivity index is 2.15. The van der Waals surface area contributed by atoms with Crippen molar-refractivity contribution in [2.75, 3.05) is 6.54 Å². The minimum atomic E-state index is 0.742. The van der Waals surface area contributed by atoms with Crippen molar-refractivity contribution < 1.29 is 0 Å². The van der Waals surface area contributed by atoms with E-state index >= 15 is 0 Å². The summed E-state index contributed by atoms with van der Waals surface area (Å²) in [6, 6.07) is 0.838. The summed E-state index contributed by atoms with van der Waals surface area (Å²) < 4.78 is 0. The van der Waals surface area contributed by atoms with Gasteiger partial charge in [0.25, 0.3) is 0 Å². The maximum absolute atomic E-state index is 3.52. The lowest BCUT2D eigenvalue weighted by atomic mass is 10.1. The standard InChI is InChI=1S/C11H21N/c1-4-9(2)7-10(3)8-12-11-5-6-11/h7,9,11-12H,4-6,8H2,1-3H3/b10-7-. The highest BCUT2D eigenvalue weighted by Gasteiger charge is 2.19. The molecule has 0 bridgehead atoms. The molecule has 1 fully saturated rings. The van der Waals surface area contributed by atoms with Crippen LogP contribution >= 0.6 is 0 Å². The summed E-state index contributed by atoms with van der Waals surface area (Å²) in [7, 11) is 0. The van der Waals surface area contributed by atoms with Gasteiger partial charge in [-0.15, -0.1) is 0 Å². The molecule has 0 aromatic carbocycles. The van der Waals surface area contributed by atoms with Crippen molar-refractivity contribution in [1.29, 1.82) is 0 Å². The molecule has 0 spiro atoms. The molecule has 70 valence electrons. The van der Waals surface area contributed by atoms with Gasteiger partial charge in [0.05, 0.1) is 0 Å². The minimum absolute atomic E-state index is 0.742. The Morgan fingerprint density at radius 3 is 2.75 bits per heavy atom. The van der Waals surface area contributed by atoms with Crippen LogP contribution in [0.4, 0.5) is 0 Å². The van der Waals surface area contributed by atoms with E-state index in [4.69, 9.17) is 0 Å². The topological polar surface area (TPSA) is 12.0 Å². The maximum atomic E-state index is 3.52. The average Bonchev–Trinajstić information content (AvgIpc) is 2.83. The van der Waals surface area contributed by atoms with Crippen LogP contribution in [0.1, 0.15) is 40.0 Å². The van der Waals surface area contributed by atoms with Gasteiger partial charge in [-0.2, -0.15) is 0 Å². The zero-order valence-corrected chi connectivity index (χ0v) is 8.56. The summed E-state index contributed by atoms with van der Waals surface area (Å²) >= 11 is 0. The van der Waals surface area contributed by atoms with E-state index in [1.165, 1.54) is 24.8 Å². The molecule has 1 atom stereocenters. The molecular weight excluding hydrogens is 146 g/mol. The van der Waals surface area contributed by atoms with Crippen molar-refractivity contribution in [3.63, 3.8) is 0 Å². The van der Waals surface area contributed by atoms with E-state index in [1.54, 1.807) is 0 Å². The van der Waals surface area contributed by atoms with E-state index in [0.717, 1.165) is 18.5 Å². The first-order valence-electron chi connectivity index (χ1n) is 5.13. The van der Waals surface area contributed by atoms with Crippen molar-refractivity contribution in [3.05, 3.63) is 11.6 Å². The molecule has 1 aliphatic carbocycles. The minimum Gasteiger partial charge on any atom is -0.310 e. The van der Waals surface area contributed by atoms with E-state index in [1.807, 2.05) is 0 Å². The molecule has 1 heteroatoms. The largest absolute Gasteiger partial charge is 0.310 e. The molecule has 1 N–H and O–H groups in total. The SMILES string of the molecule is CCC(C)/C=C(/C)CNC1CC1. The molecule has 0 radical (unpaired) electrons. The quantitative estimate of drug-likeness (QED) is 0.621. The first-order valence-corrected chi connectivity index (χ1v) is 5.13. The van der Waals surface area contributed by atoms with Gasteiger partial charge in [-0.3, -0.25) is 0 Å². The molecule has 0 aromatic heterocycles. The van der Waals surface area contributed by atoms with Crippen LogP contribution in [0.25, 0.3) is 0 Å². The Bertz CT molecular complexity index is 156. The van der Waals surface area contributed by atoms with E-state index in [2.05, 4.69) is 32.2 Å². The van der Waals surface area contributed by atoms with E-state index in [-0.39, 0.29) is 0 Å². The van der Waals surface area contributed by atoms with Gasteiger partial charge in [0.2, 0.25) is 0 Å². The summed E-state index contributed by atoms with van der Waals surface area (Å²) in [6.45, 7) is 7.83. The summed E-state index contributed by atoms with van der Waals surface area (Å²) in [6.07, 6.45) is 6.41. The Morgan fingerprint density at radius 1 is 1.58 bits per heavy atom. The molecule has 1 unspecified atom stereocenters. The first-order chi connectivity index (χ1) is 5.72. The van der Waals surface area contributed by atoms with Crippen LogP contribution in [-0.4, -0.2) is 12.6 Å². The highest BCUT2D eigenvalue weighted by atomic mass is 14.9. The van der Waals surface area contributed by atoms with Crippen LogP contribution in [0.3, 0.4) is 0 Å². The van der Waals surface area contributed by atoms with Crippen molar-refractivity contribution in [2.24, 2.45) is 5.92 Å². The summed E-state index contributed by atoms with van der Waals surface area (Å²) in [5, 5.41) is 3.52. The highest BCUT2D eigenvalue weighted by Crippen LogP contribution is 2.18. The zero-order chi connectivity index (χ0) is 8.97. The molecule has 1 saturated carbocycles. The Labute approximate surface area is 76.2 Å². The number of allylic oxidation sites excluding steroid dienone is 1. The average molecular weight is 167 g/mol. The van der Waals surface area contributed by atoms with Gasteiger partial charge in [-0.1, -0.05) is 31.9 Å². The smallest absolute Gasteiger partial charge is 0.0164 e. The monoisotopic (exact) mass is 167 g/mol. The fourth-order valence-electron chi connectivity index (χ4n) is 1.26. The van der Waals surface area contributed by atoms with Crippen LogP contribution in [0, 0.1) is 5.92 Å². The second-order valence-corrected chi connectivity index (χ2v) is 4.05. The molecular formula is C11H21N. The highest BCUT2D eigenvalue weighted by molar-refractivity contribution is 5.03. The third-order valence-corrected chi connectivity index (χ3v) is 2.46. The Morgan fingerprint density at radius 2 is 2.25 bits per heavy atom. The van der Waals surface area contributed by atoms with Crippen molar-refractivity contribution in [2.45, 2.75) is 46.1 Å². The third kappa shape index (κ3) is 3.91. The second-order valence-electron chi connectivity index (χ2n) is 4.05. The maximum Gasteiger partial charge on any atom is 0.0164 e. The summed E-state index contributed by atoms with van der Waals surface area (Å²) in [5.41, 5.74) is 1.50. The van der Waals surface area contributed by atoms with E-state index in [0.29, 0.717) is 0 Å². The molecule has 1 aliphatic rings. The molecule has 0 amide bonds. The predicted octanol–water partition coefficient (Wildman–Crippen LogP) is 2.73. The Kier molecular flexibility index (Phi) is 3.80. The molecule has 0 aromatic rings. The number of nitrogens with one attached hydrogen (secondary N) is 1. The van der Waals surface area contributed by atoms with E-state index < -0.39 is 0 Å². The zero-order valence-electron chi connectivity index (χ0n) is 8.56. The molecule has 0 heterocycles. The van der Waals surface area contributed by atoms with Gasteiger partial charge in [0.15, 0.2) is 0 Å². The van der Waals surface area contributed by atoms with Crippen LogP contribution in [0.15, 0.2) is 11.6 Å². The molecule has 0 aliphatic heterocycles. The Hall–Kier alpha value is -0.300. The van der Waals surface area contributed by atoms with Crippen molar-refractivity contribution in [3.8, 4) is 0 Å². The lowest BCUT2D eigenvalue weighted by molar-refractivity contribution is 0.676. The first kappa shape index (κ1) is 9.79. The van der Waals surface area contributed by atoms with E-state index in [9.17, 15) is 0 Å². The molecule has 0 saturated heterocycles. The third-order valence-electron chi connectivity index (χ3n) is 2.46. The normalized spacial score (nSPS) is 21.1. The van der Waals surface area contributed by atoms with Gasteiger partial charge >= 0.3 is 0 Å². The number of rotatable bonds is 5. The van der Waals surface area contributed by atoms with Crippen LogP contribution in [0.2, 0.25) is 0 Å². The lowest BCUT2D eigenvalue weighted by Gasteiger charge is -2.06. The summed E-state index contributed by atoms with van der Waals surface area (Å²) in [4.78, 5) is 0. The molecule has 12 heavy (non-hydrogen) atoms. The summed E-state index contributed by atoms with van der Waals surface area (Å²) in [5.74, 6) is 0.742. The predicted molar refractivity (Wildman–Crippen MR) is 54.2 cm³/mol. The fraction of sp³-hybridized carbons (Fsp3) is 0.818. The van der Waals surface area contributed by atoms with Gasteiger partial charge in [-0.05, 0) is 25.7 Å². The van der Waals surface area contributed by atoms with Crippen molar-refractivity contribution in [1.82, 2.24) is 5.32 Å².